The molecule has 1 aliphatic carbocycles. The summed E-state index contributed by atoms with van der Waals surface area (Å²) in [7, 11) is 4.53. The van der Waals surface area contributed by atoms with Crippen LogP contribution in [0.2, 0.25) is 0 Å². The standard InChI is InChI=1S/C50H65N7O6S.C3H8.C2H6O.2C2H2/c1-9-23-56(48(59)46(55-50(61)64-8)34-15-13-12-14-16-34)29-44-53-42-22-19-35-25-40-38-20-18-36(24-37(38)30-63-43(40)26-39(35)47(42)54-44)41(21-17-31(4)10-2)52-32(5)28-57(33(6)11-3)45(58)27-51-49(60)62-7;2*1-3-2;2*1-2/h12-16,18,20-21,24-26,31-33,46,52H,9-11,17,19,22-23,27-30H2,1-8H3,(H,51,60)(H,53,54)(H,55,61);3H2,1-2H3;1-2H3;2*1-2H/b41-21-;;;;/t31?,32?,33-,46+;;;;/m0..../s1. The second-order valence-electron chi connectivity index (χ2n) is 18.1. The van der Waals surface area contributed by atoms with Gasteiger partial charge in [0.15, 0.2) is 0 Å². The zero-order valence-electron chi connectivity index (χ0n) is 46.1. The van der Waals surface area contributed by atoms with E-state index in [-0.39, 0.29) is 42.2 Å². The average molecular weight is 1030 g/mol. The van der Waals surface area contributed by atoms with Crippen molar-refractivity contribution < 1.29 is 33.4 Å². The molecule has 14 nitrogen and oxygen atoms in total. The van der Waals surface area contributed by atoms with E-state index in [0.717, 1.165) is 107 Å². The fourth-order valence-electron chi connectivity index (χ4n) is 8.31. The summed E-state index contributed by atoms with van der Waals surface area (Å²) >= 11 is 1.05. The van der Waals surface area contributed by atoms with Crippen molar-refractivity contribution in [2.45, 2.75) is 132 Å². The monoisotopic (exact) mass is 1030 g/mol. The number of fused-ring (bicyclic) bond motifs is 6. The number of nitrogens with one attached hydrogen (secondary N) is 4. The van der Waals surface area contributed by atoms with Crippen LogP contribution >= 0.6 is 11.8 Å². The fourth-order valence-corrected chi connectivity index (χ4v) is 8.55. The Kier molecular flexibility index (Phi) is 29.1. The minimum atomic E-state index is -0.806. The molecule has 2 aliphatic rings. The average Bonchev–Trinajstić information content (AvgIpc) is 3.85. The maximum Gasteiger partial charge on any atom is 0.407 e. The van der Waals surface area contributed by atoms with E-state index >= 15 is 0 Å². The van der Waals surface area contributed by atoms with Gasteiger partial charge in [0.05, 0.1) is 19.3 Å². The van der Waals surface area contributed by atoms with Gasteiger partial charge in [-0.3, -0.25) is 14.4 Å². The first kappa shape index (κ1) is 63.4. The molecule has 0 fully saturated rings. The van der Waals surface area contributed by atoms with Crippen LogP contribution in [0, 0.1) is 31.6 Å². The smallest absolute Gasteiger partial charge is 0.407 e. The molecular weight excluding hydrogens is 951 g/mol. The van der Waals surface area contributed by atoms with Crippen LogP contribution in [0.5, 0.6) is 5.75 Å². The third-order valence-corrected chi connectivity index (χ3v) is 12.8. The van der Waals surface area contributed by atoms with Crippen molar-refractivity contribution in [3.8, 4) is 53.8 Å². The van der Waals surface area contributed by atoms with Gasteiger partial charge in [-0.1, -0.05) is 115 Å². The lowest BCUT2D eigenvalue weighted by molar-refractivity contribution is -0.134. The van der Waals surface area contributed by atoms with Gasteiger partial charge in [-0.2, -0.15) is 0 Å². The predicted molar refractivity (Wildman–Crippen MR) is 303 cm³/mol. The van der Waals surface area contributed by atoms with Crippen molar-refractivity contribution in [2.75, 3.05) is 47.2 Å². The van der Waals surface area contributed by atoms with Crippen molar-refractivity contribution >= 4 is 40.6 Å². The number of carbonyl (C=O) groups is 4. The summed E-state index contributed by atoms with van der Waals surface area (Å²) in [6.07, 6.45) is 25.7. The molecule has 4 amide bonds. The maximum atomic E-state index is 14.1. The van der Waals surface area contributed by atoms with Crippen molar-refractivity contribution in [1.82, 2.24) is 35.7 Å². The topological polar surface area (TPSA) is 167 Å². The first-order valence-electron chi connectivity index (χ1n) is 25.5. The summed E-state index contributed by atoms with van der Waals surface area (Å²) in [6.45, 7) is 18.4. The van der Waals surface area contributed by atoms with Crippen LogP contribution in [0.4, 0.5) is 9.59 Å². The Balaban J connectivity index is 0.00000175. The number of aromatic nitrogens is 2. The second-order valence-corrected chi connectivity index (χ2v) is 18.9. The SMILES string of the molecule is C#C.C#C.CCC.CCCN(Cc1nc2c([nH]1)CCc1cc3c(cc1-2)OCc1cc(/C(=C/CC(C)CC)NC(C)CN(C(=O)CNC(=O)OC)[C@@H](C)CC)ccc1-3)C(=O)[C@H](NC(=O)SC)c1ccccc1.COC. The maximum absolute atomic E-state index is 14.1. The molecule has 3 aromatic carbocycles. The van der Waals surface area contributed by atoms with E-state index in [2.05, 4.69) is 134 Å². The Morgan fingerprint density at radius 2 is 1.54 bits per heavy atom. The van der Waals surface area contributed by atoms with Crippen molar-refractivity contribution in [3.05, 3.63) is 101 Å². The predicted octanol–water partition coefficient (Wildman–Crippen LogP) is 11.2. The summed E-state index contributed by atoms with van der Waals surface area (Å²) in [5.41, 5.74) is 10.2. The molecule has 0 bridgehead atoms. The Morgan fingerprint density at radius 1 is 0.865 bits per heavy atom. The molecule has 4 N–H and O–H groups in total. The highest BCUT2D eigenvalue weighted by atomic mass is 32.2. The van der Waals surface area contributed by atoms with E-state index in [1.54, 1.807) is 25.4 Å². The van der Waals surface area contributed by atoms with Crippen LogP contribution in [0.3, 0.4) is 0 Å². The van der Waals surface area contributed by atoms with Gasteiger partial charge in [-0.25, -0.2) is 9.78 Å². The molecule has 74 heavy (non-hydrogen) atoms. The minimum absolute atomic E-state index is 0.0106. The van der Waals surface area contributed by atoms with Crippen LogP contribution in [0.1, 0.15) is 127 Å². The molecule has 4 atom stereocenters. The third-order valence-electron chi connectivity index (χ3n) is 12.3. The number of benzene rings is 3. The van der Waals surface area contributed by atoms with Crippen molar-refractivity contribution in [1.29, 1.82) is 0 Å². The number of aromatic amines is 1. The Bertz CT molecular complexity index is 2440. The molecule has 402 valence electrons. The first-order chi connectivity index (χ1) is 35.7. The number of aryl methyl sites for hydroxylation is 2. The van der Waals surface area contributed by atoms with Crippen molar-refractivity contribution in [3.63, 3.8) is 0 Å². The largest absolute Gasteiger partial charge is 0.488 e. The Hall–Kier alpha value is -6.68. The van der Waals surface area contributed by atoms with E-state index in [1.807, 2.05) is 49.1 Å². The van der Waals surface area contributed by atoms with E-state index in [0.29, 0.717) is 31.4 Å². The van der Waals surface area contributed by atoms with Gasteiger partial charge in [0, 0.05) is 61.9 Å². The quantitative estimate of drug-likeness (QED) is 0.0664. The van der Waals surface area contributed by atoms with Gasteiger partial charge >= 0.3 is 6.09 Å². The van der Waals surface area contributed by atoms with Crippen molar-refractivity contribution in [2.24, 2.45) is 5.92 Å². The van der Waals surface area contributed by atoms with Crippen LogP contribution in [-0.2, 0) is 45.1 Å². The number of thioether (sulfide) groups is 1. The van der Waals surface area contributed by atoms with E-state index in [1.165, 1.54) is 19.1 Å². The van der Waals surface area contributed by atoms with Crippen LogP contribution in [-0.4, -0.2) is 102 Å². The Morgan fingerprint density at radius 3 is 2.15 bits per heavy atom. The van der Waals surface area contributed by atoms with Gasteiger partial charge in [-0.05, 0) is 104 Å². The normalized spacial score (nSPS) is 13.1. The number of H-pyrrole nitrogens is 1. The van der Waals surface area contributed by atoms with Gasteiger partial charge < -0.3 is 44.9 Å². The second kappa shape index (κ2) is 33.9. The molecule has 0 radical (unpaired) electrons. The highest BCUT2D eigenvalue weighted by molar-refractivity contribution is 8.12. The molecule has 0 saturated carbocycles. The molecule has 2 heterocycles. The number of terminal acetylenes is 2. The number of alkyl carbamates (subject to hydrolysis) is 1. The van der Waals surface area contributed by atoms with E-state index in [4.69, 9.17) is 9.72 Å². The lowest BCUT2D eigenvalue weighted by Crippen LogP contribution is -2.49. The molecule has 1 aromatic heterocycles. The molecule has 0 spiro atoms. The van der Waals surface area contributed by atoms with Gasteiger partial charge in [0.2, 0.25) is 11.8 Å². The van der Waals surface area contributed by atoms with Crippen LogP contribution in [0.15, 0.2) is 66.7 Å². The van der Waals surface area contributed by atoms with Crippen LogP contribution in [0.25, 0.3) is 28.1 Å². The zero-order valence-corrected chi connectivity index (χ0v) is 46.9. The van der Waals surface area contributed by atoms with Gasteiger partial charge in [-0.15, -0.1) is 25.7 Å². The number of methoxy groups -OCH3 is 2. The molecule has 6 rings (SSSR count). The summed E-state index contributed by atoms with van der Waals surface area (Å²) < 4.78 is 15.5. The summed E-state index contributed by atoms with van der Waals surface area (Å²) in [4.78, 5) is 63.9. The molecular formula is C59H83N7O7S. The molecule has 4 aromatic rings. The summed E-state index contributed by atoms with van der Waals surface area (Å²) in [6, 6.07) is 19.4. The molecule has 0 saturated heterocycles. The summed E-state index contributed by atoms with van der Waals surface area (Å²) in [5.74, 6) is 1.68. The minimum Gasteiger partial charge on any atom is -0.488 e. The fraction of sp³-hybridized carbons (Fsp3) is 0.475. The molecule has 2 unspecified atom stereocenters. The lowest BCUT2D eigenvalue weighted by atomic mass is 9.86. The Labute approximate surface area is 446 Å². The number of hydrogen-bond acceptors (Lipinski definition) is 10. The first-order valence-corrected chi connectivity index (χ1v) is 26.8. The third kappa shape index (κ3) is 18.4. The van der Waals surface area contributed by atoms with E-state index in [9.17, 15) is 19.2 Å². The number of allylic oxidation sites excluding steroid dienone is 1. The zero-order chi connectivity index (χ0) is 55.3. The molecule has 1 aliphatic heterocycles. The number of imidazole rings is 1. The number of amides is 4. The number of nitrogens with zero attached hydrogens (tertiary/aromatic N) is 3. The molecule has 15 heteroatoms. The van der Waals surface area contributed by atoms with Crippen LogP contribution < -0.4 is 20.7 Å². The lowest BCUT2D eigenvalue weighted by Gasteiger charge is -2.32. The number of ether oxygens (including phenoxy) is 3. The number of rotatable bonds is 19. The van der Waals surface area contributed by atoms with E-state index < -0.39 is 12.1 Å². The highest BCUT2D eigenvalue weighted by Crippen LogP contribution is 2.44. The summed E-state index contributed by atoms with van der Waals surface area (Å²) in [5, 5.41) is 8.93. The number of hydrogen-bond donors (Lipinski definition) is 4. The van der Waals surface area contributed by atoms with Gasteiger partial charge in [0.1, 0.15) is 30.8 Å². The van der Waals surface area contributed by atoms with Gasteiger partial charge in [0.25, 0.3) is 5.24 Å². The highest BCUT2D eigenvalue weighted by Gasteiger charge is 2.31. The number of carbonyl (C=O) groups excluding carboxylic acids is 4.